The van der Waals surface area contributed by atoms with Gasteiger partial charge in [-0.15, -0.1) is 11.3 Å². The maximum atomic E-state index is 12.4. The predicted molar refractivity (Wildman–Crippen MR) is 124 cm³/mol. The summed E-state index contributed by atoms with van der Waals surface area (Å²) < 4.78 is 6.70. The second kappa shape index (κ2) is 9.55. The minimum atomic E-state index is -0.214. The third kappa shape index (κ3) is 5.46. The third-order valence-corrected chi connectivity index (χ3v) is 6.26. The molecule has 0 aliphatic carbocycles. The van der Waals surface area contributed by atoms with E-state index in [2.05, 4.69) is 60.0 Å². The van der Waals surface area contributed by atoms with E-state index in [0.29, 0.717) is 16.8 Å². The summed E-state index contributed by atoms with van der Waals surface area (Å²) >= 11 is 4.96. The van der Waals surface area contributed by atoms with Crippen LogP contribution in [0.5, 0.6) is 5.75 Å². The van der Waals surface area contributed by atoms with Gasteiger partial charge in [-0.05, 0) is 54.7 Å². The maximum absolute atomic E-state index is 12.4. The van der Waals surface area contributed by atoms with Crippen LogP contribution in [0.1, 0.15) is 42.7 Å². The lowest BCUT2D eigenvalue weighted by molar-refractivity contribution is -0.118. The maximum Gasteiger partial charge on any atom is 0.264 e. The van der Waals surface area contributed by atoms with E-state index >= 15 is 0 Å². The van der Waals surface area contributed by atoms with Crippen LogP contribution in [0.15, 0.2) is 46.9 Å². The zero-order valence-corrected chi connectivity index (χ0v) is 19.5. The highest BCUT2D eigenvalue weighted by molar-refractivity contribution is 9.10. The highest BCUT2D eigenvalue weighted by atomic mass is 79.9. The summed E-state index contributed by atoms with van der Waals surface area (Å²) in [5.41, 5.74) is 4.42. The Labute approximate surface area is 184 Å². The van der Waals surface area contributed by atoms with Crippen LogP contribution in [0.25, 0.3) is 11.3 Å². The molecule has 0 atom stereocenters. The van der Waals surface area contributed by atoms with Gasteiger partial charge in [0.25, 0.3) is 5.91 Å². The zero-order valence-electron chi connectivity index (χ0n) is 17.1. The predicted octanol–water partition coefficient (Wildman–Crippen LogP) is 6.58. The number of amides is 1. The summed E-state index contributed by atoms with van der Waals surface area (Å²) in [6.07, 6.45) is 0.858. The molecule has 3 aromatic rings. The number of aryl methyl sites for hydroxylation is 2. The zero-order chi connectivity index (χ0) is 21.0. The van der Waals surface area contributed by atoms with Crippen LogP contribution in [0.2, 0.25) is 0 Å². The molecule has 1 heterocycles. The average Bonchev–Trinajstić information content (AvgIpc) is 3.09. The molecular formula is C23H25BrN2O2S. The fraction of sp³-hybridized carbons (Fsp3) is 0.304. The molecule has 29 heavy (non-hydrogen) atoms. The number of benzene rings is 2. The Bertz CT molecular complexity index is 997. The van der Waals surface area contributed by atoms with Crippen LogP contribution in [-0.2, 0) is 11.2 Å². The van der Waals surface area contributed by atoms with Crippen molar-refractivity contribution in [1.82, 2.24) is 4.98 Å². The Hall–Kier alpha value is -2.18. The third-order valence-electron chi connectivity index (χ3n) is 4.62. The molecule has 0 aliphatic rings. The molecule has 2 aromatic carbocycles. The number of hydrogen-bond donors (Lipinski definition) is 1. The average molecular weight is 473 g/mol. The molecule has 4 nitrogen and oxygen atoms in total. The van der Waals surface area contributed by atoms with Crippen molar-refractivity contribution in [3.63, 3.8) is 0 Å². The van der Waals surface area contributed by atoms with Crippen molar-refractivity contribution in [3.05, 3.63) is 62.9 Å². The first kappa shape index (κ1) is 21.5. The van der Waals surface area contributed by atoms with Gasteiger partial charge in [-0.25, -0.2) is 4.98 Å². The first-order chi connectivity index (χ1) is 13.9. The molecule has 152 valence electrons. The van der Waals surface area contributed by atoms with Gasteiger partial charge in [-0.1, -0.05) is 54.9 Å². The van der Waals surface area contributed by atoms with Crippen molar-refractivity contribution < 1.29 is 9.53 Å². The number of anilines is 1. The highest BCUT2D eigenvalue weighted by Gasteiger charge is 2.14. The number of carbonyl (C=O) groups is 1. The molecule has 1 N–H and O–H groups in total. The Kier molecular flexibility index (Phi) is 7.09. The van der Waals surface area contributed by atoms with E-state index < -0.39 is 0 Å². The fourth-order valence-corrected chi connectivity index (χ4v) is 4.37. The van der Waals surface area contributed by atoms with E-state index in [9.17, 15) is 4.79 Å². The van der Waals surface area contributed by atoms with Gasteiger partial charge in [0.15, 0.2) is 11.7 Å². The number of aromatic nitrogens is 1. The molecule has 1 amide bonds. The van der Waals surface area contributed by atoms with E-state index in [4.69, 9.17) is 4.74 Å². The summed E-state index contributed by atoms with van der Waals surface area (Å²) in [7, 11) is 0. The number of hydrogen-bond acceptors (Lipinski definition) is 4. The topological polar surface area (TPSA) is 51.2 Å². The number of nitrogens with zero attached hydrogens (tertiary/aromatic N) is 1. The molecular weight excluding hydrogens is 448 g/mol. The highest BCUT2D eigenvalue weighted by Crippen LogP contribution is 2.32. The molecule has 1 aromatic heterocycles. The largest absolute Gasteiger partial charge is 0.484 e. The van der Waals surface area contributed by atoms with Gasteiger partial charge in [-0.3, -0.25) is 10.1 Å². The summed E-state index contributed by atoms with van der Waals surface area (Å²) in [5, 5.41) is 3.46. The second-order valence-corrected chi connectivity index (χ2v) is 9.16. The standard InChI is InChI=1S/C23H25BrN2O2S/c1-5-20-22(16-6-8-17(24)9-7-16)26-23(29-20)25-21(27)13-28-18-10-11-19(14(2)3)15(4)12-18/h6-12,14H,5,13H2,1-4H3,(H,25,26,27). The van der Waals surface area contributed by atoms with Crippen molar-refractivity contribution in [1.29, 1.82) is 0 Å². The van der Waals surface area contributed by atoms with E-state index in [-0.39, 0.29) is 12.5 Å². The number of halogens is 1. The van der Waals surface area contributed by atoms with E-state index in [1.165, 1.54) is 22.5 Å². The fourth-order valence-electron chi connectivity index (χ4n) is 3.17. The van der Waals surface area contributed by atoms with Gasteiger partial charge in [0.2, 0.25) is 0 Å². The molecule has 0 spiro atoms. The molecule has 0 unspecified atom stereocenters. The SMILES string of the molecule is CCc1sc(NC(=O)COc2ccc(C(C)C)c(C)c2)nc1-c1ccc(Br)cc1. The summed E-state index contributed by atoms with van der Waals surface area (Å²) in [6.45, 7) is 8.44. The summed E-state index contributed by atoms with van der Waals surface area (Å²) in [6, 6.07) is 14.0. The van der Waals surface area contributed by atoms with Crippen molar-refractivity contribution in [3.8, 4) is 17.0 Å². The summed E-state index contributed by atoms with van der Waals surface area (Å²) in [4.78, 5) is 18.1. The van der Waals surface area contributed by atoms with E-state index in [0.717, 1.165) is 27.0 Å². The molecule has 0 bridgehead atoms. The van der Waals surface area contributed by atoms with Gasteiger partial charge in [-0.2, -0.15) is 0 Å². The van der Waals surface area contributed by atoms with E-state index in [1.54, 1.807) is 0 Å². The molecule has 0 saturated carbocycles. The van der Waals surface area contributed by atoms with Crippen molar-refractivity contribution in [2.75, 3.05) is 11.9 Å². The van der Waals surface area contributed by atoms with Crippen molar-refractivity contribution in [2.24, 2.45) is 0 Å². The molecule has 6 heteroatoms. The number of nitrogens with one attached hydrogen (secondary N) is 1. The number of carbonyl (C=O) groups excluding carboxylic acids is 1. The molecule has 0 fully saturated rings. The van der Waals surface area contributed by atoms with Gasteiger partial charge in [0.05, 0.1) is 5.69 Å². The van der Waals surface area contributed by atoms with Gasteiger partial charge >= 0.3 is 0 Å². The quantitative estimate of drug-likeness (QED) is 0.422. The van der Waals surface area contributed by atoms with Crippen LogP contribution in [-0.4, -0.2) is 17.5 Å². The molecule has 0 radical (unpaired) electrons. The lowest BCUT2D eigenvalue weighted by Gasteiger charge is -2.12. The lowest BCUT2D eigenvalue weighted by atomic mass is 9.98. The molecule has 3 rings (SSSR count). The Balaban J connectivity index is 1.65. The van der Waals surface area contributed by atoms with Crippen LogP contribution in [0.3, 0.4) is 0 Å². The molecule has 0 aliphatic heterocycles. The first-order valence-corrected chi connectivity index (χ1v) is 11.3. The smallest absolute Gasteiger partial charge is 0.264 e. The van der Waals surface area contributed by atoms with Crippen LogP contribution < -0.4 is 10.1 Å². The monoisotopic (exact) mass is 472 g/mol. The van der Waals surface area contributed by atoms with Crippen LogP contribution >= 0.6 is 27.3 Å². The van der Waals surface area contributed by atoms with Crippen molar-refractivity contribution in [2.45, 2.75) is 40.0 Å². The van der Waals surface area contributed by atoms with Gasteiger partial charge < -0.3 is 4.74 Å². The normalized spacial score (nSPS) is 11.0. The Morgan fingerprint density at radius 2 is 1.93 bits per heavy atom. The number of ether oxygens (including phenoxy) is 1. The van der Waals surface area contributed by atoms with Crippen molar-refractivity contribution >= 4 is 38.3 Å². The number of thiazole rings is 1. The van der Waals surface area contributed by atoms with E-state index in [1.807, 2.05) is 36.4 Å². The molecule has 0 saturated heterocycles. The first-order valence-electron chi connectivity index (χ1n) is 9.66. The second-order valence-electron chi connectivity index (χ2n) is 7.16. The lowest BCUT2D eigenvalue weighted by Crippen LogP contribution is -2.20. The Morgan fingerprint density at radius 3 is 2.55 bits per heavy atom. The minimum Gasteiger partial charge on any atom is -0.484 e. The van der Waals surface area contributed by atoms with Crippen LogP contribution in [0.4, 0.5) is 5.13 Å². The van der Waals surface area contributed by atoms with Gasteiger partial charge in [0, 0.05) is 14.9 Å². The minimum absolute atomic E-state index is 0.0465. The summed E-state index contributed by atoms with van der Waals surface area (Å²) in [5.74, 6) is 0.949. The van der Waals surface area contributed by atoms with Gasteiger partial charge in [0.1, 0.15) is 5.75 Å². The Morgan fingerprint density at radius 1 is 1.21 bits per heavy atom. The van der Waals surface area contributed by atoms with Crippen LogP contribution in [0, 0.1) is 6.92 Å². The number of rotatable bonds is 7.